The Hall–Kier alpha value is -2.11. The lowest BCUT2D eigenvalue weighted by atomic mass is 10.0. The van der Waals surface area contributed by atoms with Crippen LogP contribution in [0.2, 0.25) is 10.0 Å². The second kappa shape index (κ2) is 7.64. The molecule has 136 valence electrons. The van der Waals surface area contributed by atoms with E-state index in [2.05, 4.69) is 10.6 Å². The summed E-state index contributed by atoms with van der Waals surface area (Å²) in [7, 11) is 0. The third kappa shape index (κ3) is 4.00. The van der Waals surface area contributed by atoms with E-state index in [9.17, 15) is 14.0 Å². The summed E-state index contributed by atoms with van der Waals surface area (Å²) in [4.78, 5) is 25.0. The topological polar surface area (TPSA) is 58.2 Å². The molecule has 0 aliphatic heterocycles. The van der Waals surface area contributed by atoms with Gasteiger partial charge in [-0.05, 0) is 49.1 Å². The minimum Gasteiger partial charge on any atom is -0.355 e. The fourth-order valence-corrected chi connectivity index (χ4v) is 3.01. The maximum atomic E-state index is 12.9. The highest BCUT2D eigenvalue weighted by Gasteiger charge is 2.56. The molecule has 2 aromatic rings. The molecule has 2 N–H and O–H groups in total. The summed E-state index contributed by atoms with van der Waals surface area (Å²) in [5, 5.41) is 6.06. The van der Waals surface area contributed by atoms with Gasteiger partial charge in [-0.2, -0.15) is 0 Å². The third-order valence-corrected chi connectivity index (χ3v) is 5.25. The lowest BCUT2D eigenvalue weighted by molar-refractivity contribution is -0.134. The van der Waals surface area contributed by atoms with Gasteiger partial charge in [-0.15, -0.1) is 0 Å². The third-order valence-electron chi connectivity index (χ3n) is 4.43. The van der Waals surface area contributed by atoms with E-state index in [0.29, 0.717) is 36.5 Å². The Bertz CT molecular complexity index is 836. The van der Waals surface area contributed by atoms with Gasteiger partial charge in [0, 0.05) is 6.54 Å². The summed E-state index contributed by atoms with van der Waals surface area (Å²) < 4.78 is 12.9. The average molecular weight is 395 g/mol. The summed E-state index contributed by atoms with van der Waals surface area (Å²) in [5.41, 5.74) is 0.232. The fourth-order valence-electron chi connectivity index (χ4n) is 2.67. The van der Waals surface area contributed by atoms with E-state index in [-0.39, 0.29) is 22.7 Å². The molecule has 3 rings (SSSR count). The Morgan fingerprint density at radius 3 is 2.38 bits per heavy atom. The van der Waals surface area contributed by atoms with Gasteiger partial charge in [0.1, 0.15) is 11.2 Å². The summed E-state index contributed by atoms with van der Waals surface area (Å²) in [6.45, 7) is 0.372. The van der Waals surface area contributed by atoms with Crippen molar-refractivity contribution in [1.29, 1.82) is 0 Å². The maximum absolute atomic E-state index is 12.9. The largest absolute Gasteiger partial charge is 0.355 e. The molecule has 0 atom stereocenters. The van der Waals surface area contributed by atoms with Crippen molar-refractivity contribution in [3.05, 3.63) is 63.9 Å². The number of hydrogen-bond acceptors (Lipinski definition) is 2. The van der Waals surface area contributed by atoms with Gasteiger partial charge in [0.25, 0.3) is 0 Å². The highest BCUT2D eigenvalue weighted by atomic mass is 35.5. The van der Waals surface area contributed by atoms with E-state index in [0.717, 1.165) is 5.56 Å². The average Bonchev–Trinajstić information content (AvgIpc) is 3.42. The van der Waals surface area contributed by atoms with Gasteiger partial charge in [0.05, 0.1) is 15.7 Å². The van der Waals surface area contributed by atoms with E-state index < -0.39 is 5.41 Å². The lowest BCUT2D eigenvalue weighted by Crippen LogP contribution is -2.40. The molecule has 1 fully saturated rings. The number of hydrogen-bond donors (Lipinski definition) is 2. The van der Waals surface area contributed by atoms with Gasteiger partial charge in [-0.1, -0.05) is 41.4 Å². The second-order valence-corrected chi connectivity index (χ2v) is 7.06. The van der Waals surface area contributed by atoms with Crippen LogP contribution in [-0.4, -0.2) is 18.4 Å². The standard InChI is InChI=1S/C19H17Cl2FN2O2/c20-14-2-1-3-15(16(14)21)24-18(26)19(9-10-19)17(25)23-11-8-12-4-6-13(22)7-5-12/h1-7H,8-11H2,(H,23,25)(H,24,26). The Morgan fingerprint density at radius 2 is 1.73 bits per heavy atom. The molecule has 0 bridgehead atoms. The quantitative estimate of drug-likeness (QED) is 0.720. The van der Waals surface area contributed by atoms with E-state index in [1.165, 1.54) is 12.1 Å². The fraction of sp³-hybridized carbons (Fsp3) is 0.263. The SMILES string of the molecule is O=C(NCCc1ccc(F)cc1)C1(C(=O)Nc2cccc(Cl)c2Cl)CC1. The lowest BCUT2D eigenvalue weighted by Gasteiger charge is -2.16. The van der Waals surface area contributed by atoms with Crippen molar-refractivity contribution in [2.45, 2.75) is 19.3 Å². The van der Waals surface area contributed by atoms with E-state index in [4.69, 9.17) is 23.2 Å². The zero-order valence-electron chi connectivity index (χ0n) is 13.8. The predicted octanol–water partition coefficient (Wildman–Crippen LogP) is 4.21. The number of halogens is 3. The van der Waals surface area contributed by atoms with Crippen molar-refractivity contribution in [2.75, 3.05) is 11.9 Å². The van der Waals surface area contributed by atoms with Crippen LogP contribution >= 0.6 is 23.2 Å². The molecule has 2 aromatic carbocycles. The Morgan fingerprint density at radius 1 is 1.04 bits per heavy atom. The van der Waals surface area contributed by atoms with Crippen LogP contribution in [-0.2, 0) is 16.0 Å². The van der Waals surface area contributed by atoms with Crippen molar-refractivity contribution < 1.29 is 14.0 Å². The van der Waals surface area contributed by atoms with Crippen LogP contribution in [0.3, 0.4) is 0 Å². The zero-order valence-corrected chi connectivity index (χ0v) is 15.3. The minimum atomic E-state index is -1.06. The number of anilines is 1. The first-order valence-electron chi connectivity index (χ1n) is 8.20. The van der Waals surface area contributed by atoms with Crippen molar-refractivity contribution in [3.8, 4) is 0 Å². The van der Waals surface area contributed by atoms with Gasteiger partial charge in [-0.25, -0.2) is 4.39 Å². The minimum absolute atomic E-state index is 0.245. The van der Waals surface area contributed by atoms with Crippen LogP contribution in [0, 0.1) is 11.2 Å². The summed E-state index contributed by atoms with van der Waals surface area (Å²) >= 11 is 12.0. The summed E-state index contributed by atoms with van der Waals surface area (Å²) in [6, 6.07) is 11.0. The molecular weight excluding hydrogens is 378 g/mol. The van der Waals surface area contributed by atoms with Crippen molar-refractivity contribution in [2.24, 2.45) is 5.41 Å². The number of amides is 2. The first-order valence-corrected chi connectivity index (χ1v) is 8.96. The van der Waals surface area contributed by atoms with Gasteiger partial charge in [-0.3, -0.25) is 9.59 Å². The molecule has 0 spiro atoms. The van der Waals surface area contributed by atoms with Crippen LogP contribution in [0.15, 0.2) is 42.5 Å². The first kappa shape index (κ1) is 18.7. The van der Waals surface area contributed by atoms with Crippen LogP contribution < -0.4 is 10.6 Å². The number of carbonyl (C=O) groups is 2. The Kier molecular flexibility index (Phi) is 5.49. The molecule has 1 saturated carbocycles. The Labute approximate surface area is 160 Å². The molecule has 0 aromatic heterocycles. The number of rotatable bonds is 6. The second-order valence-electron chi connectivity index (χ2n) is 6.27. The summed E-state index contributed by atoms with van der Waals surface area (Å²) in [6.07, 6.45) is 1.53. The Balaban J connectivity index is 1.57. The van der Waals surface area contributed by atoms with Gasteiger partial charge < -0.3 is 10.6 Å². The van der Waals surface area contributed by atoms with Gasteiger partial charge >= 0.3 is 0 Å². The van der Waals surface area contributed by atoms with Crippen LogP contribution in [0.4, 0.5) is 10.1 Å². The van der Waals surface area contributed by atoms with Crippen molar-refractivity contribution in [3.63, 3.8) is 0 Å². The number of nitrogens with one attached hydrogen (secondary N) is 2. The molecule has 1 aliphatic carbocycles. The first-order chi connectivity index (χ1) is 12.4. The molecule has 0 unspecified atom stereocenters. The smallest absolute Gasteiger partial charge is 0.240 e. The number of benzene rings is 2. The molecule has 7 heteroatoms. The molecule has 26 heavy (non-hydrogen) atoms. The van der Waals surface area contributed by atoms with E-state index >= 15 is 0 Å². The molecule has 1 aliphatic rings. The highest BCUT2D eigenvalue weighted by molar-refractivity contribution is 6.44. The zero-order chi connectivity index (χ0) is 18.7. The molecule has 0 saturated heterocycles. The normalized spacial score (nSPS) is 14.6. The predicted molar refractivity (Wildman–Crippen MR) is 99.9 cm³/mol. The van der Waals surface area contributed by atoms with Crippen LogP contribution in [0.5, 0.6) is 0 Å². The van der Waals surface area contributed by atoms with E-state index in [1.54, 1.807) is 30.3 Å². The molecule has 0 radical (unpaired) electrons. The van der Waals surface area contributed by atoms with Crippen LogP contribution in [0.1, 0.15) is 18.4 Å². The van der Waals surface area contributed by atoms with E-state index in [1.807, 2.05) is 0 Å². The molecule has 2 amide bonds. The molecule has 4 nitrogen and oxygen atoms in total. The number of carbonyl (C=O) groups excluding carboxylic acids is 2. The summed E-state index contributed by atoms with van der Waals surface area (Å²) in [5.74, 6) is -0.998. The van der Waals surface area contributed by atoms with Gasteiger partial charge in [0.15, 0.2) is 0 Å². The van der Waals surface area contributed by atoms with Crippen molar-refractivity contribution in [1.82, 2.24) is 5.32 Å². The molecule has 0 heterocycles. The molecular formula is C19H17Cl2FN2O2. The van der Waals surface area contributed by atoms with Crippen molar-refractivity contribution >= 4 is 40.7 Å². The highest BCUT2D eigenvalue weighted by Crippen LogP contribution is 2.47. The monoisotopic (exact) mass is 394 g/mol. The van der Waals surface area contributed by atoms with Gasteiger partial charge in [0.2, 0.25) is 11.8 Å². The van der Waals surface area contributed by atoms with Crippen LogP contribution in [0.25, 0.3) is 0 Å². The maximum Gasteiger partial charge on any atom is 0.240 e.